The zero-order valence-electron chi connectivity index (χ0n) is 6.60. The van der Waals surface area contributed by atoms with E-state index in [1.54, 1.807) is 0 Å². The molecular formula is C8H9F2NO. The summed E-state index contributed by atoms with van der Waals surface area (Å²) in [6, 6.07) is 3.73. The van der Waals surface area contributed by atoms with Gasteiger partial charge in [-0.25, -0.2) is 0 Å². The van der Waals surface area contributed by atoms with Crippen LogP contribution in [0.5, 0.6) is 0 Å². The van der Waals surface area contributed by atoms with Crippen molar-refractivity contribution in [3.63, 3.8) is 0 Å². The minimum Gasteiger partial charge on any atom is -0.321 e. The molecule has 12 heavy (non-hydrogen) atoms. The van der Waals surface area contributed by atoms with E-state index in [0.29, 0.717) is 0 Å². The second kappa shape index (κ2) is 3.05. The van der Waals surface area contributed by atoms with Crippen molar-refractivity contribution in [2.24, 2.45) is 0 Å². The number of alkyl halides is 2. The molecule has 0 atom stereocenters. The Kier molecular flexibility index (Phi) is 2.26. The molecule has 0 fully saturated rings. The molecule has 0 aliphatic carbocycles. The van der Waals surface area contributed by atoms with Gasteiger partial charge in [0.1, 0.15) is 0 Å². The Balaban J connectivity index is 3.11. The first kappa shape index (κ1) is 8.90. The lowest BCUT2D eigenvalue weighted by molar-refractivity contribution is -0.0130. The Morgan fingerprint density at radius 1 is 1.50 bits per heavy atom. The van der Waals surface area contributed by atoms with E-state index < -0.39 is 11.5 Å². The molecule has 1 rings (SSSR count). The fourth-order valence-electron chi connectivity index (χ4n) is 0.852. The van der Waals surface area contributed by atoms with Crippen molar-refractivity contribution in [1.82, 2.24) is 4.98 Å². The van der Waals surface area contributed by atoms with E-state index in [1.807, 2.05) is 0 Å². The van der Waals surface area contributed by atoms with E-state index in [0.717, 1.165) is 0 Å². The molecule has 0 spiro atoms. The van der Waals surface area contributed by atoms with Gasteiger partial charge in [-0.3, -0.25) is 4.79 Å². The quantitative estimate of drug-likeness (QED) is 0.727. The molecule has 1 aromatic heterocycles. The number of pyridine rings is 1. The first-order valence-corrected chi connectivity index (χ1v) is 3.64. The molecule has 0 radical (unpaired) electrons. The standard InChI is InChI=1S/C8H9F2NO/c1-2-8(9,10)6-4-3-5-7(12)11-6/h3-5H,2H2,1H3,(H,11,12). The van der Waals surface area contributed by atoms with Crippen LogP contribution in [0, 0.1) is 0 Å². The van der Waals surface area contributed by atoms with E-state index in [9.17, 15) is 13.6 Å². The van der Waals surface area contributed by atoms with Crippen LogP contribution in [0.25, 0.3) is 0 Å². The number of H-pyrrole nitrogens is 1. The molecule has 1 heterocycles. The van der Waals surface area contributed by atoms with Crippen LogP contribution in [0.2, 0.25) is 0 Å². The van der Waals surface area contributed by atoms with Gasteiger partial charge in [0.05, 0.1) is 5.69 Å². The molecule has 0 unspecified atom stereocenters. The highest BCUT2D eigenvalue weighted by atomic mass is 19.3. The van der Waals surface area contributed by atoms with Gasteiger partial charge in [0.2, 0.25) is 5.56 Å². The van der Waals surface area contributed by atoms with E-state index >= 15 is 0 Å². The smallest absolute Gasteiger partial charge is 0.287 e. The zero-order chi connectivity index (χ0) is 9.19. The number of hydrogen-bond acceptors (Lipinski definition) is 1. The van der Waals surface area contributed by atoms with Crippen molar-refractivity contribution in [1.29, 1.82) is 0 Å². The highest BCUT2D eigenvalue weighted by molar-refractivity contribution is 5.09. The summed E-state index contributed by atoms with van der Waals surface area (Å²) < 4.78 is 25.8. The van der Waals surface area contributed by atoms with E-state index in [-0.39, 0.29) is 12.1 Å². The van der Waals surface area contributed by atoms with Crippen LogP contribution < -0.4 is 5.56 Å². The van der Waals surface area contributed by atoms with Crippen molar-refractivity contribution in [2.45, 2.75) is 19.3 Å². The predicted octanol–water partition coefficient (Wildman–Crippen LogP) is 1.88. The van der Waals surface area contributed by atoms with Crippen molar-refractivity contribution < 1.29 is 8.78 Å². The topological polar surface area (TPSA) is 32.9 Å². The molecule has 4 heteroatoms. The number of hydrogen-bond donors (Lipinski definition) is 1. The monoisotopic (exact) mass is 173 g/mol. The fraction of sp³-hybridized carbons (Fsp3) is 0.375. The van der Waals surface area contributed by atoms with Gasteiger partial charge in [0, 0.05) is 12.5 Å². The predicted molar refractivity (Wildman–Crippen MR) is 41.2 cm³/mol. The van der Waals surface area contributed by atoms with E-state index in [1.165, 1.54) is 25.1 Å². The summed E-state index contributed by atoms with van der Waals surface area (Å²) in [4.78, 5) is 12.8. The average molecular weight is 173 g/mol. The maximum absolute atomic E-state index is 12.9. The van der Waals surface area contributed by atoms with Gasteiger partial charge in [-0.1, -0.05) is 13.0 Å². The fourth-order valence-corrected chi connectivity index (χ4v) is 0.852. The molecule has 0 saturated carbocycles. The summed E-state index contributed by atoms with van der Waals surface area (Å²) in [7, 11) is 0. The second-order valence-electron chi connectivity index (χ2n) is 2.49. The Labute approximate surface area is 68.2 Å². The molecule has 66 valence electrons. The molecule has 0 bridgehead atoms. The zero-order valence-corrected chi connectivity index (χ0v) is 6.60. The lowest BCUT2D eigenvalue weighted by Crippen LogP contribution is -2.18. The SMILES string of the molecule is CCC(F)(F)c1cccc(=O)[nH]1. The largest absolute Gasteiger partial charge is 0.321 e. The van der Waals surface area contributed by atoms with Gasteiger partial charge in [0.25, 0.3) is 5.92 Å². The number of nitrogens with one attached hydrogen (secondary N) is 1. The van der Waals surface area contributed by atoms with Crippen LogP contribution in [0.3, 0.4) is 0 Å². The molecule has 1 aromatic rings. The minimum absolute atomic E-state index is 0.313. The summed E-state index contributed by atoms with van der Waals surface area (Å²) in [5.74, 6) is -2.93. The maximum Gasteiger partial charge on any atom is 0.287 e. The van der Waals surface area contributed by atoms with Gasteiger partial charge in [-0.15, -0.1) is 0 Å². The van der Waals surface area contributed by atoms with Crippen LogP contribution in [0.15, 0.2) is 23.0 Å². The van der Waals surface area contributed by atoms with Crippen molar-refractivity contribution in [3.8, 4) is 0 Å². The van der Waals surface area contributed by atoms with Crippen LogP contribution in [0.1, 0.15) is 19.0 Å². The molecule has 2 nitrogen and oxygen atoms in total. The molecular weight excluding hydrogens is 164 g/mol. The Bertz CT molecular complexity index is 319. The first-order chi connectivity index (χ1) is 5.56. The molecule has 0 amide bonds. The number of aromatic amines is 1. The lowest BCUT2D eigenvalue weighted by atomic mass is 10.2. The van der Waals surface area contributed by atoms with Gasteiger partial charge in [0.15, 0.2) is 0 Å². The maximum atomic E-state index is 12.9. The van der Waals surface area contributed by atoms with Crippen molar-refractivity contribution in [2.75, 3.05) is 0 Å². The van der Waals surface area contributed by atoms with Crippen LogP contribution in [0.4, 0.5) is 8.78 Å². The van der Waals surface area contributed by atoms with Crippen molar-refractivity contribution in [3.05, 3.63) is 34.2 Å². The normalized spacial score (nSPS) is 11.6. The lowest BCUT2D eigenvalue weighted by Gasteiger charge is -2.12. The molecule has 0 saturated heterocycles. The first-order valence-electron chi connectivity index (χ1n) is 3.64. The highest BCUT2D eigenvalue weighted by Gasteiger charge is 2.29. The Hall–Kier alpha value is -1.19. The Morgan fingerprint density at radius 2 is 2.17 bits per heavy atom. The third-order valence-corrected chi connectivity index (χ3v) is 1.61. The van der Waals surface area contributed by atoms with Crippen molar-refractivity contribution >= 4 is 0 Å². The third-order valence-electron chi connectivity index (χ3n) is 1.61. The molecule has 0 aliphatic rings. The van der Waals surface area contributed by atoms with Gasteiger partial charge < -0.3 is 4.98 Å². The average Bonchev–Trinajstić information content (AvgIpc) is 2.05. The van der Waals surface area contributed by atoms with E-state index in [4.69, 9.17) is 0 Å². The summed E-state index contributed by atoms with van der Waals surface area (Å²) in [6.07, 6.45) is -0.313. The van der Waals surface area contributed by atoms with Gasteiger partial charge in [-0.2, -0.15) is 8.78 Å². The van der Waals surface area contributed by atoms with Crippen LogP contribution in [-0.4, -0.2) is 4.98 Å². The number of halogens is 2. The van der Waals surface area contributed by atoms with E-state index in [2.05, 4.69) is 4.98 Å². The summed E-state index contributed by atoms with van der Waals surface area (Å²) >= 11 is 0. The van der Waals surface area contributed by atoms with Crippen LogP contribution >= 0.6 is 0 Å². The number of rotatable bonds is 2. The summed E-state index contributed by atoms with van der Waals surface area (Å²) in [5, 5.41) is 0. The second-order valence-corrected chi connectivity index (χ2v) is 2.49. The minimum atomic E-state index is -2.93. The van der Waals surface area contributed by atoms with Gasteiger partial charge >= 0.3 is 0 Å². The molecule has 1 N–H and O–H groups in total. The highest BCUT2D eigenvalue weighted by Crippen LogP contribution is 2.28. The molecule has 0 aromatic carbocycles. The third kappa shape index (κ3) is 1.69. The summed E-state index contributed by atoms with van der Waals surface area (Å²) in [6.45, 7) is 1.37. The Morgan fingerprint density at radius 3 is 2.67 bits per heavy atom. The summed E-state index contributed by atoms with van der Waals surface area (Å²) in [5.41, 5.74) is -0.821. The van der Waals surface area contributed by atoms with Crippen LogP contribution in [-0.2, 0) is 5.92 Å². The van der Waals surface area contributed by atoms with Gasteiger partial charge in [-0.05, 0) is 6.07 Å². The number of aromatic nitrogens is 1. The molecule has 0 aliphatic heterocycles.